The minimum Gasteiger partial charge on any atom is -0.385 e. The number of fused-ring (bicyclic) bond motifs is 6. The molecule has 0 amide bonds. The molecule has 0 aliphatic carbocycles. The highest BCUT2D eigenvalue weighted by atomic mass is 16.3. The first-order valence-electron chi connectivity index (χ1n) is 12.8. The molecule has 1 heteroatoms. The fourth-order valence-corrected chi connectivity index (χ4v) is 5.53. The van der Waals surface area contributed by atoms with E-state index in [4.69, 9.17) is 0 Å². The summed E-state index contributed by atoms with van der Waals surface area (Å²) in [6.07, 6.45) is 5.78. The molecule has 0 fully saturated rings. The van der Waals surface area contributed by atoms with Crippen LogP contribution in [0.5, 0.6) is 0 Å². The van der Waals surface area contributed by atoms with Gasteiger partial charge in [0.05, 0.1) is 5.60 Å². The first-order valence-corrected chi connectivity index (χ1v) is 12.8. The number of rotatable bonds is 8. The summed E-state index contributed by atoms with van der Waals surface area (Å²) >= 11 is 0. The van der Waals surface area contributed by atoms with Crippen molar-refractivity contribution in [1.29, 1.82) is 0 Å². The van der Waals surface area contributed by atoms with E-state index in [9.17, 15) is 5.11 Å². The predicted octanol–water partition coefficient (Wildman–Crippen LogP) is 9.38. The van der Waals surface area contributed by atoms with Crippen LogP contribution in [0, 0.1) is 0 Å². The minimum atomic E-state index is -0.835. The third kappa shape index (κ3) is 3.99. The van der Waals surface area contributed by atoms with Crippen LogP contribution in [0.3, 0.4) is 0 Å². The zero-order valence-corrected chi connectivity index (χ0v) is 20.4. The van der Waals surface area contributed by atoms with Gasteiger partial charge in [-0.3, -0.25) is 0 Å². The van der Waals surface area contributed by atoms with Crippen molar-refractivity contribution in [3.8, 4) is 11.1 Å². The van der Waals surface area contributed by atoms with Gasteiger partial charge in [-0.2, -0.15) is 0 Å². The summed E-state index contributed by atoms with van der Waals surface area (Å²) in [5, 5.41) is 19.8. The summed E-state index contributed by atoms with van der Waals surface area (Å²) in [5.74, 6) is 0. The smallest absolute Gasteiger partial charge is 0.0902 e. The Hall–Kier alpha value is -3.16. The van der Waals surface area contributed by atoms with E-state index in [1.165, 1.54) is 37.9 Å². The van der Waals surface area contributed by atoms with Gasteiger partial charge in [0.2, 0.25) is 0 Å². The van der Waals surface area contributed by atoms with Crippen molar-refractivity contribution in [3.63, 3.8) is 0 Å². The molecule has 0 aliphatic heterocycles. The predicted molar refractivity (Wildman–Crippen MR) is 147 cm³/mol. The molecule has 0 heterocycles. The number of unbranched alkanes of at least 4 members (excludes halogenated alkanes) is 2. The van der Waals surface area contributed by atoms with E-state index in [1.54, 1.807) is 0 Å². The van der Waals surface area contributed by atoms with E-state index >= 15 is 0 Å². The van der Waals surface area contributed by atoms with Crippen molar-refractivity contribution in [2.75, 3.05) is 0 Å². The maximum atomic E-state index is 12.2. The summed E-state index contributed by atoms with van der Waals surface area (Å²) in [6.45, 7) is 4.41. The molecule has 1 nitrogen and oxygen atoms in total. The Morgan fingerprint density at radius 3 is 1.50 bits per heavy atom. The maximum absolute atomic E-state index is 12.2. The number of hydrogen-bond acceptors (Lipinski definition) is 1. The lowest BCUT2D eigenvalue weighted by Gasteiger charge is -2.32. The molecule has 0 bridgehead atoms. The largest absolute Gasteiger partial charge is 0.385 e. The summed E-state index contributed by atoms with van der Waals surface area (Å²) in [7, 11) is 0. The van der Waals surface area contributed by atoms with Crippen molar-refractivity contribution in [3.05, 3.63) is 96.6 Å². The van der Waals surface area contributed by atoms with E-state index in [0.29, 0.717) is 0 Å². The van der Waals surface area contributed by atoms with Gasteiger partial charge in [-0.05, 0) is 74.0 Å². The van der Waals surface area contributed by atoms with Crippen LogP contribution in [-0.2, 0) is 5.60 Å². The van der Waals surface area contributed by atoms with Crippen LogP contribution in [0.4, 0.5) is 0 Å². The van der Waals surface area contributed by atoms with Gasteiger partial charge in [0.25, 0.3) is 0 Å². The molecule has 5 aromatic carbocycles. The summed E-state index contributed by atoms with van der Waals surface area (Å²) in [4.78, 5) is 0. The molecule has 0 saturated heterocycles. The van der Waals surface area contributed by atoms with Crippen LogP contribution in [0.25, 0.3) is 43.4 Å². The second-order valence-corrected chi connectivity index (χ2v) is 9.64. The molecule has 0 spiro atoms. The monoisotopic (exact) mass is 446 g/mol. The quantitative estimate of drug-likeness (QED) is 0.235. The van der Waals surface area contributed by atoms with Crippen LogP contribution in [0.2, 0.25) is 0 Å². The van der Waals surface area contributed by atoms with Gasteiger partial charge in [0, 0.05) is 0 Å². The molecule has 172 valence electrons. The molecule has 34 heavy (non-hydrogen) atoms. The first kappa shape index (κ1) is 22.6. The zero-order valence-electron chi connectivity index (χ0n) is 20.4. The molecule has 0 radical (unpaired) electrons. The Bertz CT molecular complexity index is 1420. The number of aliphatic hydroxyl groups is 1. The molecule has 5 rings (SSSR count). The van der Waals surface area contributed by atoms with Crippen molar-refractivity contribution in [1.82, 2.24) is 0 Å². The van der Waals surface area contributed by atoms with E-state index in [1.807, 2.05) is 0 Å². The highest BCUT2D eigenvalue weighted by molar-refractivity contribution is 6.26. The summed E-state index contributed by atoms with van der Waals surface area (Å²) in [5.41, 5.74) is 2.57. The average Bonchev–Trinajstić information content (AvgIpc) is 2.90. The van der Waals surface area contributed by atoms with Gasteiger partial charge >= 0.3 is 0 Å². The van der Waals surface area contributed by atoms with E-state index in [0.717, 1.165) is 49.7 Å². The van der Waals surface area contributed by atoms with E-state index < -0.39 is 5.60 Å². The lowest BCUT2D eigenvalue weighted by Crippen LogP contribution is -2.26. The molecular weight excluding hydrogens is 412 g/mol. The van der Waals surface area contributed by atoms with Crippen molar-refractivity contribution in [2.45, 2.75) is 58.0 Å². The first-order chi connectivity index (χ1) is 16.7. The van der Waals surface area contributed by atoms with Crippen molar-refractivity contribution in [2.24, 2.45) is 0 Å². The molecule has 5 aromatic rings. The van der Waals surface area contributed by atoms with Crippen LogP contribution in [0.1, 0.15) is 57.9 Å². The van der Waals surface area contributed by atoms with Crippen LogP contribution >= 0.6 is 0 Å². The second kappa shape index (κ2) is 9.60. The molecule has 0 aliphatic rings. The second-order valence-electron chi connectivity index (χ2n) is 9.64. The van der Waals surface area contributed by atoms with Gasteiger partial charge in [-0.15, -0.1) is 0 Å². The topological polar surface area (TPSA) is 20.2 Å². The standard InChI is InChI=1S/C33H34O/c1-3-5-20-33(34,21-6-4-2)32-23-31-28-19-13-11-17-26(28)25-16-10-12-18-27(25)30(31)22-29(32)24-14-8-7-9-15-24/h7-19,22-23,34H,3-6,20-21H2,1-2H3. The van der Waals surface area contributed by atoms with Gasteiger partial charge < -0.3 is 5.11 Å². The summed E-state index contributed by atoms with van der Waals surface area (Å²) < 4.78 is 0. The highest BCUT2D eigenvalue weighted by Gasteiger charge is 2.31. The number of hydrogen-bond donors (Lipinski definition) is 1. The number of benzene rings is 5. The lowest BCUT2D eigenvalue weighted by atomic mass is 9.78. The Kier molecular flexibility index (Phi) is 6.39. The van der Waals surface area contributed by atoms with Crippen molar-refractivity contribution >= 4 is 32.3 Å². The van der Waals surface area contributed by atoms with Crippen LogP contribution in [0.15, 0.2) is 91.0 Å². The van der Waals surface area contributed by atoms with Gasteiger partial charge in [-0.25, -0.2) is 0 Å². The Morgan fingerprint density at radius 2 is 1.00 bits per heavy atom. The maximum Gasteiger partial charge on any atom is 0.0902 e. The minimum absolute atomic E-state index is 0.792. The zero-order chi connectivity index (χ0) is 23.5. The summed E-state index contributed by atoms with van der Waals surface area (Å²) in [6, 6.07) is 32.7. The molecule has 0 aromatic heterocycles. The Balaban J connectivity index is 1.90. The van der Waals surface area contributed by atoms with Crippen LogP contribution in [-0.4, -0.2) is 5.11 Å². The third-order valence-corrected chi connectivity index (χ3v) is 7.36. The van der Waals surface area contributed by atoms with Gasteiger partial charge in [0.15, 0.2) is 0 Å². The third-order valence-electron chi connectivity index (χ3n) is 7.36. The molecule has 0 unspecified atom stereocenters. The Morgan fingerprint density at radius 1 is 0.559 bits per heavy atom. The SMILES string of the molecule is CCCCC(O)(CCCC)c1cc2c3ccccc3c3ccccc3c2cc1-c1ccccc1. The normalized spacial score (nSPS) is 12.1. The van der Waals surface area contributed by atoms with E-state index in [-0.39, 0.29) is 0 Å². The van der Waals surface area contributed by atoms with Gasteiger partial charge in [0.1, 0.15) is 0 Å². The van der Waals surface area contributed by atoms with Crippen molar-refractivity contribution < 1.29 is 5.11 Å². The van der Waals surface area contributed by atoms with Crippen LogP contribution < -0.4 is 0 Å². The molecule has 1 N–H and O–H groups in total. The Labute approximate surface area is 203 Å². The molecule has 0 saturated carbocycles. The molecular formula is C33H34O. The fraction of sp³-hybridized carbons (Fsp3) is 0.273. The fourth-order valence-electron chi connectivity index (χ4n) is 5.53. The lowest BCUT2D eigenvalue weighted by molar-refractivity contribution is 0.0148. The van der Waals surface area contributed by atoms with E-state index in [2.05, 4.69) is 105 Å². The highest BCUT2D eigenvalue weighted by Crippen LogP contribution is 2.44. The average molecular weight is 447 g/mol. The van der Waals surface area contributed by atoms with Gasteiger partial charge in [-0.1, -0.05) is 118 Å². The molecule has 0 atom stereocenters.